The van der Waals surface area contributed by atoms with Crippen LogP contribution in [0.25, 0.3) is 0 Å². The van der Waals surface area contributed by atoms with Gasteiger partial charge in [0, 0.05) is 25.7 Å². The molecule has 0 amide bonds. The van der Waals surface area contributed by atoms with Gasteiger partial charge in [0.2, 0.25) is 0 Å². The second-order valence-electron chi connectivity index (χ2n) is 33.5. The minimum Gasteiger partial charge on any atom is -0.462 e. The molecule has 17 nitrogen and oxygen atoms in total. The van der Waals surface area contributed by atoms with Crippen LogP contribution in [0.1, 0.15) is 503 Å². The van der Waals surface area contributed by atoms with Crippen molar-refractivity contribution in [2.45, 2.75) is 522 Å². The highest BCUT2D eigenvalue weighted by Gasteiger charge is 2.31. The number of phosphoric acid groups is 2. The van der Waals surface area contributed by atoms with Gasteiger partial charge in [-0.3, -0.25) is 37.3 Å². The molecule has 0 saturated carbocycles. The molecular formula is C92H180O17P2. The van der Waals surface area contributed by atoms with E-state index in [-0.39, 0.29) is 25.7 Å². The number of rotatable bonds is 92. The van der Waals surface area contributed by atoms with Crippen molar-refractivity contribution in [3.63, 3.8) is 0 Å². The molecule has 0 aliphatic rings. The number of hydrogen-bond acceptors (Lipinski definition) is 15. The lowest BCUT2D eigenvalue weighted by Gasteiger charge is -2.21. The highest BCUT2D eigenvalue weighted by molar-refractivity contribution is 7.47. The first-order valence-corrected chi connectivity index (χ1v) is 50.6. The van der Waals surface area contributed by atoms with Crippen LogP contribution in [0.3, 0.4) is 0 Å². The van der Waals surface area contributed by atoms with E-state index in [1.165, 1.54) is 327 Å². The monoisotopic (exact) mass is 1620 g/mol. The number of ether oxygens (including phenoxy) is 4. The van der Waals surface area contributed by atoms with Crippen molar-refractivity contribution in [1.82, 2.24) is 0 Å². The summed E-state index contributed by atoms with van der Waals surface area (Å²) in [5.41, 5.74) is 0. The van der Waals surface area contributed by atoms with Crippen molar-refractivity contribution in [3.05, 3.63) is 0 Å². The molecule has 0 aromatic heterocycles. The van der Waals surface area contributed by atoms with E-state index in [4.69, 9.17) is 37.0 Å². The highest BCUT2D eigenvalue weighted by atomic mass is 31.2. The molecular weight excluding hydrogens is 1440 g/mol. The zero-order valence-corrected chi connectivity index (χ0v) is 74.9. The van der Waals surface area contributed by atoms with E-state index in [1.54, 1.807) is 0 Å². The van der Waals surface area contributed by atoms with Crippen LogP contribution in [-0.2, 0) is 65.4 Å². The first kappa shape index (κ1) is 109. The van der Waals surface area contributed by atoms with E-state index in [9.17, 15) is 43.2 Å². The third kappa shape index (κ3) is 85.8. The van der Waals surface area contributed by atoms with E-state index in [1.807, 2.05) is 0 Å². The van der Waals surface area contributed by atoms with E-state index in [2.05, 4.69) is 34.6 Å². The van der Waals surface area contributed by atoms with Gasteiger partial charge in [-0.15, -0.1) is 0 Å². The fourth-order valence-corrected chi connectivity index (χ4v) is 16.1. The average molecular weight is 1620 g/mol. The largest absolute Gasteiger partial charge is 0.472 e. The second kappa shape index (κ2) is 84.5. The predicted octanol–water partition coefficient (Wildman–Crippen LogP) is 28.7. The lowest BCUT2D eigenvalue weighted by atomic mass is 10.0. The number of unbranched alkanes of at least 4 members (excludes halogenated alkanes) is 64. The molecule has 0 saturated heterocycles. The molecule has 0 aliphatic carbocycles. The van der Waals surface area contributed by atoms with E-state index in [0.29, 0.717) is 25.7 Å². The number of phosphoric ester groups is 2. The fourth-order valence-electron chi connectivity index (χ4n) is 14.5. The van der Waals surface area contributed by atoms with Gasteiger partial charge < -0.3 is 33.8 Å². The molecule has 0 heterocycles. The number of aliphatic hydroxyl groups is 1. The van der Waals surface area contributed by atoms with Crippen molar-refractivity contribution < 1.29 is 80.2 Å². The third-order valence-electron chi connectivity index (χ3n) is 21.8. The second-order valence-corrected chi connectivity index (χ2v) is 36.4. The standard InChI is InChI=1S/C92H180O17P2/c1-6-9-12-15-18-21-24-27-30-33-36-38-40-43-46-49-52-57-63-68-73-77-91(96)108-87(81-102-89(94)75-70-65-60-55-50-47-44-42-39-37-34-31-28-25-22-19-16-13-10-7-2)83-106-110(98,99)104-79-86(93)80-105-111(100,101)107-84-88(82-103-90(95)76-71-66-61-58-53-54-59-64-69-74-85(4)5)109-92(97)78-72-67-62-56-51-48-45-41-35-32-29-26-23-20-17-14-11-8-3/h85-88,93H,6-84H2,1-5H3,(H,98,99)(H,100,101)/t86-,87-,88-/m1/s1. The van der Waals surface area contributed by atoms with Gasteiger partial charge in [-0.1, -0.05) is 452 Å². The Labute approximate surface area is 683 Å². The Kier molecular flexibility index (Phi) is 83.0. The maximum atomic E-state index is 13.2. The van der Waals surface area contributed by atoms with Gasteiger partial charge in [0.05, 0.1) is 26.4 Å². The number of esters is 4. The van der Waals surface area contributed by atoms with Crippen molar-refractivity contribution >= 4 is 39.5 Å². The van der Waals surface area contributed by atoms with Gasteiger partial charge in [0.25, 0.3) is 0 Å². The molecule has 0 spiro atoms. The normalized spacial score (nSPS) is 13.7. The van der Waals surface area contributed by atoms with Crippen molar-refractivity contribution in [3.8, 4) is 0 Å². The maximum Gasteiger partial charge on any atom is 0.472 e. The molecule has 660 valence electrons. The molecule has 3 N–H and O–H groups in total. The zero-order valence-electron chi connectivity index (χ0n) is 73.1. The molecule has 0 rings (SSSR count). The topological polar surface area (TPSA) is 237 Å². The number of hydrogen-bond donors (Lipinski definition) is 3. The van der Waals surface area contributed by atoms with Gasteiger partial charge >= 0.3 is 39.5 Å². The quantitative estimate of drug-likeness (QED) is 0.0222. The minimum atomic E-state index is -4.97. The number of aliphatic hydroxyl groups excluding tert-OH is 1. The summed E-state index contributed by atoms with van der Waals surface area (Å²) in [7, 11) is -9.94. The van der Waals surface area contributed by atoms with E-state index >= 15 is 0 Å². The molecule has 19 heteroatoms. The first-order valence-electron chi connectivity index (χ1n) is 47.6. The van der Waals surface area contributed by atoms with Crippen LogP contribution in [0.15, 0.2) is 0 Å². The summed E-state index contributed by atoms with van der Waals surface area (Å²) in [4.78, 5) is 73.5. The fraction of sp³-hybridized carbons (Fsp3) is 0.957. The first-order chi connectivity index (χ1) is 54.0. The lowest BCUT2D eigenvalue weighted by molar-refractivity contribution is -0.161. The van der Waals surface area contributed by atoms with Crippen LogP contribution < -0.4 is 0 Å². The Hall–Kier alpha value is -1.94. The van der Waals surface area contributed by atoms with Gasteiger partial charge in [-0.2, -0.15) is 0 Å². The smallest absolute Gasteiger partial charge is 0.462 e. The number of carbonyl (C=O) groups excluding carboxylic acids is 4. The third-order valence-corrected chi connectivity index (χ3v) is 23.7. The minimum absolute atomic E-state index is 0.109. The van der Waals surface area contributed by atoms with Crippen LogP contribution >= 0.6 is 15.6 Å². The molecule has 111 heavy (non-hydrogen) atoms. The van der Waals surface area contributed by atoms with Gasteiger partial charge in [-0.25, -0.2) is 9.13 Å². The van der Waals surface area contributed by atoms with Crippen LogP contribution in [0.5, 0.6) is 0 Å². The summed E-state index contributed by atoms with van der Waals surface area (Å²) in [6, 6.07) is 0. The average Bonchev–Trinajstić information content (AvgIpc) is 0.903. The van der Waals surface area contributed by atoms with Crippen molar-refractivity contribution in [1.29, 1.82) is 0 Å². The number of carbonyl (C=O) groups is 4. The molecule has 0 aromatic rings. The van der Waals surface area contributed by atoms with E-state index < -0.39 is 97.5 Å². The Balaban J connectivity index is 5.24. The summed E-state index contributed by atoms with van der Waals surface area (Å²) in [5.74, 6) is -1.35. The summed E-state index contributed by atoms with van der Waals surface area (Å²) in [6.45, 7) is 7.38. The summed E-state index contributed by atoms with van der Waals surface area (Å²) < 4.78 is 69.1. The SMILES string of the molecule is CCCCCCCCCCCCCCCCCCCCCCCC(=O)O[C@H](COC(=O)CCCCCCCCCCCCCCCCCCCCCC)COP(=O)(O)OC[C@@H](O)COP(=O)(O)OC[C@@H](COC(=O)CCCCCCCCCCCC(C)C)OC(=O)CCCCCCCCCCCCCCCCCCCC. The predicted molar refractivity (Wildman–Crippen MR) is 460 cm³/mol. The van der Waals surface area contributed by atoms with Crippen LogP contribution in [-0.4, -0.2) is 96.7 Å². The summed E-state index contributed by atoms with van der Waals surface area (Å²) in [6.07, 6.45) is 80.7. The molecule has 0 fully saturated rings. The molecule has 0 bridgehead atoms. The Morgan fingerprint density at radius 1 is 0.243 bits per heavy atom. The molecule has 0 aliphatic heterocycles. The lowest BCUT2D eigenvalue weighted by Crippen LogP contribution is -2.30. The molecule has 0 aromatic carbocycles. The van der Waals surface area contributed by atoms with Crippen molar-refractivity contribution in [2.24, 2.45) is 5.92 Å². The van der Waals surface area contributed by atoms with Crippen LogP contribution in [0.2, 0.25) is 0 Å². The summed E-state index contributed by atoms with van der Waals surface area (Å²) >= 11 is 0. The van der Waals surface area contributed by atoms with Crippen molar-refractivity contribution in [2.75, 3.05) is 39.6 Å². The van der Waals surface area contributed by atoms with Gasteiger partial charge in [0.15, 0.2) is 12.2 Å². The van der Waals surface area contributed by atoms with E-state index in [0.717, 1.165) is 95.8 Å². The Morgan fingerprint density at radius 2 is 0.414 bits per heavy atom. The zero-order chi connectivity index (χ0) is 81.1. The summed E-state index contributed by atoms with van der Waals surface area (Å²) in [5, 5.41) is 10.7. The van der Waals surface area contributed by atoms with Gasteiger partial charge in [-0.05, 0) is 31.6 Å². The van der Waals surface area contributed by atoms with Gasteiger partial charge in [0.1, 0.15) is 19.3 Å². The van der Waals surface area contributed by atoms with Crippen LogP contribution in [0.4, 0.5) is 0 Å². The molecule has 5 atom stereocenters. The molecule has 2 unspecified atom stereocenters. The Bertz CT molecular complexity index is 2100. The maximum absolute atomic E-state index is 13.2. The Morgan fingerprint density at radius 3 is 0.613 bits per heavy atom. The highest BCUT2D eigenvalue weighted by Crippen LogP contribution is 2.45. The molecule has 0 radical (unpaired) electrons. The van der Waals surface area contributed by atoms with Crippen LogP contribution in [0, 0.1) is 5.92 Å².